The zero-order chi connectivity index (χ0) is 40.7. The first-order valence-electron chi connectivity index (χ1n) is 18.0. The molecule has 0 radical (unpaired) electrons. The molecule has 6 aromatic carbocycles. The van der Waals surface area contributed by atoms with Crippen molar-refractivity contribution in [2.45, 2.75) is 23.6 Å². The highest BCUT2D eigenvalue weighted by molar-refractivity contribution is 8.45. The van der Waals surface area contributed by atoms with E-state index in [1.54, 1.807) is 24.3 Å². The van der Waals surface area contributed by atoms with Crippen LogP contribution < -0.4 is 0 Å². The molecule has 2 nitrogen and oxygen atoms in total. The number of aromatic nitrogens is 2. The molecule has 0 saturated carbocycles. The first kappa shape index (κ1) is 38.4. The van der Waals surface area contributed by atoms with E-state index in [-0.39, 0.29) is 17.7 Å². The highest BCUT2D eigenvalue weighted by Crippen LogP contribution is 3.02. The molecule has 0 unspecified atom stereocenters. The molecule has 0 aliphatic heterocycles. The van der Waals surface area contributed by atoms with Gasteiger partial charge in [-0.15, -0.1) is 0 Å². The Morgan fingerprint density at radius 2 is 0.759 bits per heavy atom. The van der Waals surface area contributed by atoms with Crippen LogP contribution in [0.25, 0.3) is 44.9 Å². The summed E-state index contributed by atoms with van der Waals surface area (Å²) in [5, 5.41) is 0. The Bertz CT molecular complexity index is 2930. The normalized spacial score (nSPS) is 12.6. The van der Waals surface area contributed by atoms with Crippen LogP contribution in [0.2, 0.25) is 0 Å². The summed E-state index contributed by atoms with van der Waals surface area (Å²) in [7, 11) is -9.76. The van der Waals surface area contributed by atoms with E-state index in [1.165, 1.54) is 0 Å². The zero-order valence-electron chi connectivity index (χ0n) is 31.0. The molecule has 58 heavy (non-hydrogen) atoms. The molecule has 0 aliphatic carbocycles. The molecule has 2 heterocycles. The van der Waals surface area contributed by atoms with Crippen molar-refractivity contribution in [3.63, 3.8) is 0 Å². The fraction of sp³-hybridized carbons (Fsp3) is 0.0417. The Morgan fingerprint density at radius 1 is 0.431 bits per heavy atom. The molecule has 0 fully saturated rings. The molecular weight excluding hydrogens is 783 g/mol. The van der Waals surface area contributed by atoms with Gasteiger partial charge in [-0.2, -0.15) is 3.89 Å². The fourth-order valence-electron chi connectivity index (χ4n) is 6.65. The number of aryl methyl sites for hydroxylation is 2. The fourth-order valence-corrected chi connectivity index (χ4v) is 7.53. The van der Waals surface area contributed by atoms with E-state index < -0.39 is 15.1 Å². The van der Waals surface area contributed by atoms with Crippen molar-refractivity contribution < 1.29 is 23.3 Å². The van der Waals surface area contributed by atoms with Crippen molar-refractivity contribution in [2.24, 2.45) is 0 Å². The van der Waals surface area contributed by atoms with Gasteiger partial charge in [-0.05, 0) is 134 Å². The molecule has 8 rings (SSSR count). The van der Waals surface area contributed by atoms with Crippen molar-refractivity contribution >= 4 is 33.4 Å². The van der Waals surface area contributed by atoms with Gasteiger partial charge < -0.3 is 9.13 Å². The standard InChI is InChI=1S/C48H32F6N2S2/c1-33-3-23-41(24-4-33)55-45(39-19-11-35(12-20-39)7-9-37-15-27-43(57-49)28-16-37)31-47-48(55)32-46(56(47)42-25-5-34(2)6-26-42)40-21-13-36(14-22-40)8-10-38-17-29-44(30-18-38)58(50,51,52,53)54/h3-6,11-32H,1-2H3. The van der Waals surface area contributed by atoms with Gasteiger partial charge in [0.1, 0.15) is 4.90 Å². The average Bonchev–Trinajstić information content (AvgIpc) is 3.77. The molecule has 0 amide bonds. The molecule has 0 atom stereocenters. The first-order chi connectivity index (χ1) is 27.6. The smallest absolute Gasteiger partial charge is 0.308 e. The van der Waals surface area contributed by atoms with Crippen LogP contribution in [0.5, 0.6) is 0 Å². The van der Waals surface area contributed by atoms with Gasteiger partial charge in [0.25, 0.3) is 0 Å². The third kappa shape index (κ3) is 8.17. The maximum atomic E-state index is 13.2. The molecule has 0 aliphatic rings. The lowest BCUT2D eigenvalue weighted by molar-refractivity contribution is 0.364. The number of rotatable bonds is 6. The minimum atomic E-state index is -9.76. The first-order valence-corrected chi connectivity index (χ1v) is 20.7. The van der Waals surface area contributed by atoms with Gasteiger partial charge in [0.2, 0.25) is 0 Å². The van der Waals surface area contributed by atoms with E-state index in [9.17, 15) is 23.3 Å². The second-order valence-electron chi connectivity index (χ2n) is 13.9. The van der Waals surface area contributed by atoms with Crippen molar-refractivity contribution in [3.8, 4) is 57.6 Å². The second-order valence-corrected chi connectivity index (χ2v) is 17.0. The monoisotopic (exact) mass is 814 g/mol. The summed E-state index contributed by atoms with van der Waals surface area (Å²) in [5.74, 6) is 12.1. The van der Waals surface area contributed by atoms with Crippen molar-refractivity contribution in [1.82, 2.24) is 9.13 Å². The van der Waals surface area contributed by atoms with Crippen LogP contribution in [-0.2, 0) is 0 Å². The van der Waals surface area contributed by atoms with Crippen LogP contribution in [0.15, 0.2) is 168 Å². The van der Waals surface area contributed by atoms with Gasteiger partial charge in [-0.25, -0.2) is 0 Å². The Morgan fingerprint density at radius 3 is 1.09 bits per heavy atom. The van der Waals surface area contributed by atoms with E-state index in [0.29, 0.717) is 22.6 Å². The number of halogens is 6. The van der Waals surface area contributed by atoms with E-state index in [4.69, 9.17) is 0 Å². The molecule has 0 N–H and O–H groups in total. The minimum absolute atomic E-state index is 0.182. The molecule has 0 spiro atoms. The van der Waals surface area contributed by atoms with Crippen LogP contribution in [0.3, 0.4) is 0 Å². The molecule has 288 valence electrons. The second kappa shape index (κ2) is 14.2. The van der Waals surface area contributed by atoms with Crippen molar-refractivity contribution in [2.75, 3.05) is 0 Å². The summed E-state index contributed by atoms with van der Waals surface area (Å²) >= 11 is 0.201. The van der Waals surface area contributed by atoms with Gasteiger partial charge in [0.05, 0.1) is 34.6 Å². The lowest BCUT2D eigenvalue weighted by atomic mass is 10.1. The highest BCUT2D eigenvalue weighted by atomic mass is 32.5. The van der Waals surface area contributed by atoms with Crippen LogP contribution in [-0.4, -0.2) is 9.13 Å². The molecule has 2 aromatic heterocycles. The Labute approximate surface area is 336 Å². The Balaban J connectivity index is 1.19. The zero-order valence-corrected chi connectivity index (χ0v) is 32.6. The van der Waals surface area contributed by atoms with Crippen molar-refractivity contribution in [3.05, 3.63) is 191 Å². The molecule has 0 bridgehead atoms. The summed E-state index contributed by atoms with van der Waals surface area (Å²) in [5.41, 5.74) is 12.4. The van der Waals surface area contributed by atoms with E-state index in [0.717, 1.165) is 79.3 Å². The maximum absolute atomic E-state index is 13.2. The predicted molar refractivity (Wildman–Crippen MR) is 226 cm³/mol. The van der Waals surface area contributed by atoms with E-state index >= 15 is 0 Å². The number of nitrogens with zero attached hydrogens (tertiary/aromatic N) is 2. The van der Waals surface area contributed by atoms with Crippen LogP contribution in [0.1, 0.15) is 33.4 Å². The summed E-state index contributed by atoms with van der Waals surface area (Å²) in [6.07, 6.45) is 0. The minimum Gasteiger partial charge on any atom is -0.308 e. The molecule has 0 saturated heterocycles. The van der Waals surface area contributed by atoms with Crippen molar-refractivity contribution in [1.29, 1.82) is 0 Å². The van der Waals surface area contributed by atoms with E-state index in [1.807, 2.05) is 43.3 Å². The Hall–Kier alpha value is -6.46. The third-order valence-corrected chi connectivity index (χ3v) is 11.3. The predicted octanol–water partition coefficient (Wildman–Crippen LogP) is 14.8. The lowest BCUT2D eigenvalue weighted by Crippen LogP contribution is -2.05. The lowest BCUT2D eigenvalue weighted by Gasteiger charge is -2.40. The number of fused-ring (bicyclic) bond motifs is 1. The van der Waals surface area contributed by atoms with Gasteiger partial charge in [0.15, 0.2) is 0 Å². The van der Waals surface area contributed by atoms with Crippen LogP contribution in [0, 0.1) is 37.5 Å². The third-order valence-electron chi connectivity index (χ3n) is 9.66. The molecule has 10 heteroatoms. The topological polar surface area (TPSA) is 9.86 Å². The largest absolute Gasteiger partial charge is 0.310 e. The number of hydrogen-bond acceptors (Lipinski definition) is 1. The maximum Gasteiger partial charge on any atom is 0.310 e. The Kier molecular flexibility index (Phi) is 9.39. The van der Waals surface area contributed by atoms with Gasteiger partial charge >= 0.3 is 10.2 Å². The molecule has 8 aromatic rings. The summed E-state index contributed by atoms with van der Waals surface area (Å²) in [6.45, 7) is 4.09. The van der Waals surface area contributed by atoms with Gasteiger partial charge in [-0.1, -0.05) is 103 Å². The highest BCUT2D eigenvalue weighted by Gasteiger charge is 2.65. The molecular formula is C48H32F6N2S2. The number of hydrogen-bond donors (Lipinski definition) is 0. The van der Waals surface area contributed by atoms with Crippen LogP contribution >= 0.6 is 22.4 Å². The van der Waals surface area contributed by atoms with Gasteiger partial charge in [0, 0.05) is 38.5 Å². The summed E-state index contributed by atoms with van der Waals surface area (Å²) in [4.78, 5) is -1.41. The van der Waals surface area contributed by atoms with E-state index in [2.05, 4.69) is 113 Å². The summed E-state index contributed by atoms with van der Waals surface area (Å²) < 4.78 is 83.2. The van der Waals surface area contributed by atoms with Gasteiger partial charge in [-0.3, -0.25) is 0 Å². The number of benzene rings is 6. The SMILES string of the molecule is Cc1ccc(-n2c(-c3ccc(C#Cc4ccc(SF)cc4)cc3)cc3c2cc(-c2ccc(C#Cc4ccc(S(F)(F)(F)(F)F)cc4)cc2)n3-c2ccc(C)cc2)cc1. The average molecular weight is 815 g/mol. The van der Waals surface area contributed by atoms with Crippen LogP contribution in [0.4, 0.5) is 23.3 Å². The quantitative estimate of drug-likeness (QED) is 0.120. The summed E-state index contributed by atoms with van der Waals surface area (Å²) in [6, 6.07) is 46.3.